The summed E-state index contributed by atoms with van der Waals surface area (Å²) >= 11 is 0. The number of methoxy groups -OCH3 is 1. The van der Waals surface area contributed by atoms with Crippen molar-refractivity contribution in [3.05, 3.63) is 0 Å². The van der Waals surface area contributed by atoms with E-state index in [9.17, 15) is 4.79 Å². The number of nitrogens with one attached hydrogen (secondary N) is 1. The monoisotopic (exact) mass is 256 g/mol. The van der Waals surface area contributed by atoms with Gasteiger partial charge in [0.15, 0.2) is 0 Å². The predicted octanol–water partition coefficient (Wildman–Crippen LogP) is 1.51. The summed E-state index contributed by atoms with van der Waals surface area (Å²) in [7, 11) is 1.46. The molecule has 0 spiro atoms. The van der Waals surface area contributed by atoms with Gasteiger partial charge in [0, 0.05) is 19.1 Å². The third-order valence-electron chi connectivity index (χ3n) is 3.79. The van der Waals surface area contributed by atoms with Crippen molar-refractivity contribution in [1.82, 2.24) is 10.2 Å². The Balaban J connectivity index is 2.45. The van der Waals surface area contributed by atoms with Crippen LogP contribution in [0.1, 0.15) is 33.6 Å². The van der Waals surface area contributed by atoms with E-state index in [0.717, 1.165) is 32.1 Å². The van der Waals surface area contributed by atoms with Crippen molar-refractivity contribution in [1.29, 1.82) is 0 Å². The Morgan fingerprint density at radius 1 is 1.33 bits per heavy atom. The second-order valence-electron chi connectivity index (χ2n) is 5.67. The molecule has 0 radical (unpaired) electrons. The summed E-state index contributed by atoms with van der Waals surface area (Å²) in [4.78, 5) is 13.9. The number of rotatable bonds is 6. The highest BCUT2D eigenvalue weighted by molar-refractivity contribution is 5.72. The lowest BCUT2D eigenvalue weighted by atomic mass is 9.96. The second-order valence-corrected chi connectivity index (χ2v) is 5.67. The van der Waals surface area contributed by atoms with Crippen molar-refractivity contribution >= 4 is 5.97 Å². The van der Waals surface area contributed by atoms with E-state index in [0.29, 0.717) is 6.04 Å². The highest BCUT2D eigenvalue weighted by Crippen LogP contribution is 2.16. The zero-order valence-corrected chi connectivity index (χ0v) is 12.2. The summed E-state index contributed by atoms with van der Waals surface area (Å²) in [5.74, 6) is 0.614. The summed E-state index contributed by atoms with van der Waals surface area (Å²) in [5.41, 5.74) is 0. The molecule has 0 aliphatic carbocycles. The fourth-order valence-electron chi connectivity index (χ4n) is 2.52. The molecule has 1 unspecified atom stereocenters. The first kappa shape index (κ1) is 15.4. The summed E-state index contributed by atoms with van der Waals surface area (Å²) in [6.07, 6.45) is 2.49. The molecular formula is C14H28N2O2. The number of ether oxygens (including phenoxy) is 1. The smallest absolute Gasteiger partial charge is 0.309 e. The van der Waals surface area contributed by atoms with Gasteiger partial charge in [0.1, 0.15) is 0 Å². The van der Waals surface area contributed by atoms with Gasteiger partial charge >= 0.3 is 5.97 Å². The number of piperidine rings is 1. The maximum atomic E-state index is 11.5. The number of nitrogens with zero attached hydrogens (tertiary/aromatic N) is 1. The Morgan fingerprint density at radius 2 is 1.94 bits per heavy atom. The molecule has 0 aromatic rings. The van der Waals surface area contributed by atoms with E-state index in [1.807, 2.05) is 6.92 Å². The molecule has 1 atom stereocenters. The van der Waals surface area contributed by atoms with Gasteiger partial charge in [-0.2, -0.15) is 0 Å². The van der Waals surface area contributed by atoms with Gasteiger partial charge in [0.2, 0.25) is 0 Å². The Bertz CT molecular complexity index is 250. The Hall–Kier alpha value is -0.610. The Labute approximate surface area is 111 Å². The van der Waals surface area contributed by atoms with Gasteiger partial charge in [-0.15, -0.1) is 0 Å². The molecule has 4 nitrogen and oxygen atoms in total. The molecule has 1 saturated heterocycles. The van der Waals surface area contributed by atoms with E-state index in [4.69, 9.17) is 4.74 Å². The molecule has 4 heteroatoms. The van der Waals surface area contributed by atoms with Crippen LogP contribution in [-0.2, 0) is 9.53 Å². The summed E-state index contributed by atoms with van der Waals surface area (Å²) < 4.78 is 4.81. The molecule has 0 saturated carbocycles. The van der Waals surface area contributed by atoms with Crippen LogP contribution in [0, 0.1) is 11.8 Å². The molecule has 0 aromatic carbocycles. The first-order valence-electron chi connectivity index (χ1n) is 7.07. The first-order chi connectivity index (χ1) is 8.54. The maximum absolute atomic E-state index is 11.5. The summed E-state index contributed by atoms with van der Waals surface area (Å²) in [6.45, 7) is 10.5. The van der Waals surface area contributed by atoms with E-state index in [1.165, 1.54) is 20.0 Å². The lowest BCUT2D eigenvalue weighted by Gasteiger charge is -2.33. The van der Waals surface area contributed by atoms with Crippen molar-refractivity contribution in [2.24, 2.45) is 11.8 Å². The average molecular weight is 256 g/mol. The topological polar surface area (TPSA) is 41.6 Å². The molecular weight excluding hydrogens is 228 g/mol. The standard InChI is InChI=1S/C14H28N2O2/c1-11(2)16(9-12(3)14(17)18-4)10-13-5-7-15-8-6-13/h11-13,15H,5-10H2,1-4H3. The molecule has 1 aliphatic heterocycles. The third kappa shape index (κ3) is 4.94. The molecule has 1 fully saturated rings. The Kier molecular flexibility index (Phi) is 6.65. The summed E-state index contributed by atoms with van der Waals surface area (Å²) in [5, 5.41) is 3.39. The van der Waals surface area contributed by atoms with Crippen LogP contribution in [0.4, 0.5) is 0 Å². The van der Waals surface area contributed by atoms with Gasteiger partial charge in [-0.3, -0.25) is 9.69 Å². The largest absolute Gasteiger partial charge is 0.469 e. The van der Waals surface area contributed by atoms with Gasteiger partial charge in [0.25, 0.3) is 0 Å². The Morgan fingerprint density at radius 3 is 2.44 bits per heavy atom. The quantitative estimate of drug-likeness (QED) is 0.731. The van der Waals surface area contributed by atoms with Crippen LogP contribution < -0.4 is 5.32 Å². The fraction of sp³-hybridized carbons (Fsp3) is 0.929. The van der Waals surface area contributed by atoms with Gasteiger partial charge in [-0.25, -0.2) is 0 Å². The van der Waals surface area contributed by atoms with Crippen molar-refractivity contribution in [2.45, 2.75) is 39.7 Å². The molecule has 0 amide bonds. The SMILES string of the molecule is COC(=O)C(C)CN(CC1CCNCC1)C(C)C. The van der Waals surface area contributed by atoms with Crippen molar-refractivity contribution in [3.8, 4) is 0 Å². The van der Waals surface area contributed by atoms with E-state index in [-0.39, 0.29) is 11.9 Å². The van der Waals surface area contributed by atoms with Crippen LogP contribution in [0.2, 0.25) is 0 Å². The van der Waals surface area contributed by atoms with Gasteiger partial charge in [-0.05, 0) is 45.7 Å². The van der Waals surface area contributed by atoms with Crippen LogP contribution in [0.15, 0.2) is 0 Å². The number of hydrogen-bond donors (Lipinski definition) is 1. The van der Waals surface area contributed by atoms with Gasteiger partial charge < -0.3 is 10.1 Å². The minimum atomic E-state index is -0.106. The van der Waals surface area contributed by atoms with Gasteiger partial charge in [-0.1, -0.05) is 6.92 Å². The number of hydrogen-bond acceptors (Lipinski definition) is 4. The highest BCUT2D eigenvalue weighted by atomic mass is 16.5. The second kappa shape index (κ2) is 7.74. The highest BCUT2D eigenvalue weighted by Gasteiger charge is 2.23. The minimum Gasteiger partial charge on any atom is -0.469 e. The van der Waals surface area contributed by atoms with Crippen LogP contribution in [-0.4, -0.2) is 50.2 Å². The molecule has 1 aliphatic rings. The molecule has 106 valence electrons. The van der Waals surface area contributed by atoms with Crippen LogP contribution in [0.25, 0.3) is 0 Å². The van der Waals surface area contributed by atoms with E-state index in [2.05, 4.69) is 24.1 Å². The molecule has 1 N–H and O–H groups in total. The first-order valence-corrected chi connectivity index (χ1v) is 7.07. The van der Waals surface area contributed by atoms with Crippen molar-refractivity contribution < 1.29 is 9.53 Å². The lowest BCUT2D eigenvalue weighted by Crippen LogP contribution is -2.42. The van der Waals surface area contributed by atoms with Crippen molar-refractivity contribution in [2.75, 3.05) is 33.3 Å². The van der Waals surface area contributed by atoms with Crippen molar-refractivity contribution in [3.63, 3.8) is 0 Å². The van der Waals surface area contributed by atoms with E-state index < -0.39 is 0 Å². The maximum Gasteiger partial charge on any atom is 0.309 e. The lowest BCUT2D eigenvalue weighted by molar-refractivity contribution is -0.145. The average Bonchev–Trinajstić information content (AvgIpc) is 2.37. The molecule has 18 heavy (non-hydrogen) atoms. The van der Waals surface area contributed by atoms with E-state index >= 15 is 0 Å². The van der Waals surface area contributed by atoms with Gasteiger partial charge in [0.05, 0.1) is 13.0 Å². The minimum absolute atomic E-state index is 0.0425. The number of esters is 1. The van der Waals surface area contributed by atoms with Crippen LogP contribution in [0.5, 0.6) is 0 Å². The molecule has 1 rings (SSSR count). The molecule has 0 aromatic heterocycles. The number of carbonyl (C=O) groups excluding carboxylic acids is 1. The summed E-state index contributed by atoms with van der Waals surface area (Å²) in [6, 6.07) is 0.479. The number of carbonyl (C=O) groups is 1. The normalized spacial score (nSPS) is 19.2. The zero-order valence-electron chi connectivity index (χ0n) is 12.2. The van der Waals surface area contributed by atoms with Crippen LogP contribution in [0.3, 0.4) is 0 Å². The van der Waals surface area contributed by atoms with Crippen LogP contribution >= 0.6 is 0 Å². The van der Waals surface area contributed by atoms with E-state index in [1.54, 1.807) is 0 Å². The third-order valence-corrected chi connectivity index (χ3v) is 3.79. The zero-order chi connectivity index (χ0) is 13.5. The fourth-order valence-corrected chi connectivity index (χ4v) is 2.52. The molecule has 1 heterocycles. The molecule has 0 bridgehead atoms. The predicted molar refractivity (Wildman–Crippen MR) is 73.5 cm³/mol.